The number of hydrogen-bond donors (Lipinski definition) is 0. The number of carbonyl (C=O) groups excluding carboxylic acids is 2. The molecule has 0 saturated carbocycles. The molecule has 0 aliphatic carbocycles. The van der Waals surface area contributed by atoms with Crippen molar-refractivity contribution >= 4 is 18.0 Å². The quantitative estimate of drug-likeness (QED) is 0.268. The molecule has 0 N–H and O–H groups in total. The lowest BCUT2D eigenvalue weighted by Crippen LogP contribution is -2.13. The molecule has 0 radical (unpaired) electrons. The fourth-order valence-electron chi connectivity index (χ4n) is 2.74. The minimum absolute atomic E-state index is 0.0141. The first kappa shape index (κ1) is 23.7. The van der Waals surface area contributed by atoms with Gasteiger partial charge in [-0.05, 0) is 60.7 Å². The summed E-state index contributed by atoms with van der Waals surface area (Å²) < 4.78 is 16.0. The third-order valence-electron chi connectivity index (χ3n) is 4.38. The van der Waals surface area contributed by atoms with E-state index in [1.165, 1.54) is 6.08 Å². The summed E-state index contributed by atoms with van der Waals surface area (Å²) in [5.74, 6) is -0.623. The molecule has 0 saturated heterocycles. The molecular formula is C25H27NO5. The number of carbonyl (C=O) groups is 2. The highest BCUT2D eigenvalue weighted by atomic mass is 16.6. The van der Waals surface area contributed by atoms with E-state index in [0.717, 1.165) is 5.56 Å². The lowest BCUT2D eigenvalue weighted by molar-refractivity contribution is -0.137. The van der Waals surface area contributed by atoms with Crippen LogP contribution in [0.5, 0.6) is 11.5 Å². The number of ether oxygens (including phenoxy) is 3. The van der Waals surface area contributed by atoms with Crippen LogP contribution >= 0.6 is 0 Å². The van der Waals surface area contributed by atoms with E-state index in [2.05, 4.69) is 20.8 Å². The Hall–Kier alpha value is -3.59. The molecule has 0 unspecified atom stereocenters. The predicted octanol–water partition coefficient (Wildman–Crippen LogP) is 5.07. The average molecular weight is 421 g/mol. The Kier molecular flexibility index (Phi) is 7.98. The van der Waals surface area contributed by atoms with Gasteiger partial charge in [-0.2, -0.15) is 5.26 Å². The average Bonchev–Trinajstić information content (AvgIpc) is 2.73. The van der Waals surface area contributed by atoms with E-state index in [4.69, 9.17) is 14.2 Å². The van der Waals surface area contributed by atoms with E-state index in [-0.39, 0.29) is 23.3 Å². The molecular weight excluding hydrogens is 394 g/mol. The van der Waals surface area contributed by atoms with Crippen molar-refractivity contribution in [3.8, 4) is 17.6 Å². The first-order chi connectivity index (χ1) is 14.7. The second kappa shape index (κ2) is 10.4. The molecule has 162 valence electrons. The molecule has 0 heterocycles. The van der Waals surface area contributed by atoms with Crippen LogP contribution in [0.1, 0.15) is 56.1 Å². The van der Waals surface area contributed by atoms with Crippen LogP contribution in [0.25, 0.3) is 6.08 Å². The highest BCUT2D eigenvalue weighted by Gasteiger charge is 2.17. The second-order valence-electron chi connectivity index (χ2n) is 7.75. The topological polar surface area (TPSA) is 85.6 Å². The van der Waals surface area contributed by atoms with Crippen molar-refractivity contribution in [1.29, 1.82) is 5.26 Å². The molecule has 0 fully saturated rings. The van der Waals surface area contributed by atoms with Crippen LogP contribution in [0.3, 0.4) is 0 Å². The zero-order valence-corrected chi connectivity index (χ0v) is 18.5. The van der Waals surface area contributed by atoms with E-state index in [0.29, 0.717) is 23.5 Å². The number of esters is 2. The summed E-state index contributed by atoms with van der Waals surface area (Å²) in [6.07, 6.45) is 1.40. The van der Waals surface area contributed by atoms with E-state index in [1.807, 2.05) is 18.2 Å². The van der Waals surface area contributed by atoms with Gasteiger partial charge in [-0.25, -0.2) is 9.59 Å². The number of benzene rings is 2. The number of nitrogens with zero attached hydrogens (tertiary/aromatic N) is 1. The molecule has 31 heavy (non-hydrogen) atoms. The minimum atomic E-state index is -0.697. The third kappa shape index (κ3) is 6.45. The summed E-state index contributed by atoms with van der Waals surface area (Å²) in [4.78, 5) is 24.4. The fraction of sp³-hybridized carbons (Fsp3) is 0.320. The van der Waals surface area contributed by atoms with Gasteiger partial charge < -0.3 is 14.2 Å². The first-order valence-corrected chi connectivity index (χ1v) is 10.1. The highest BCUT2D eigenvalue weighted by Crippen LogP contribution is 2.30. The molecule has 0 bridgehead atoms. The standard InChI is InChI=1S/C25H27NO5/c1-6-29-22-15-17(14-19(16-26)23(27)30-7-2)8-13-21(22)31-24(28)18-9-11-20(12-10-18)25(3,4)5/h8-15H,6-7H2,1-5H3/b19-14-. The van der Waals surface area contributed by atoms with Crippen molar-refractivity contribution in [3.63, 3.8) is 0 Å². The largest absolute Gasteiger partial charge is 0.490 e. The number of hydrogen-bond acceptors (Lipinski definition) is 6. The summed E-state index contributed by atoms with van der Waals surface area (Å²) in [6, 6.07) is 13.9. The van der Waals surface area contributed by atoms with Gasteiger partial charge in [0, 0.05) is 0 Å². The van der Waals surface area contributed by atoms with Gasteiger partial charge in [0.2, 0.25) is 0 Å². The number of rotatable bonds is 7. The van der Waals surface area contributed by atoms with Crippen molar-refractivity contribution in [2.75, 3.05) is 13.2 Å². The molecule has 0 atom stereocenters. The van der Waals surface area contributed by atoms with Crippen molar-refractivity contribution in [2.24, 2.45) is 0 Å². The van der Waals surface area contributed by atoms with Gasteiger partial charge >= 0.3 is 11.9 Å². The Labute approximate surface area is 183 Å². The van der Waals surface area contributed by atoms with Crippen molar-refractivity contribution in [3.05, 3.63) is 64.7 Å². The maximum Gasteiger partial charge on any atom is 0.348 e. The maximum atomic E-state index is 12.6. The van der Waals surface area contributed by atoms with Crippen LogP contribution in [0, 0.1) is 11.3 Å². The lowest BCUT2D eigenvalue weighted by Gasteiger charge is -2.19. The molecule has 6 heteroatoms. The van der Waals surface area contributed by atoms with Crippen LogP contribution < -0.4 is 9.47 Å². The Morgan fingerprint density at radius 3 is 2.23 bits per heavy atom. The van der Waals surface area contributed by atoms with Crippen LogP contribution in [0.2, 0.25) is 0 Å². The van der Waals surface area contributed by atoms with Gasteiger partial charge in [-0.3, -0.25) is 0 Å². The smallest absolute Gasteiger partial charge is 0.348 e. The molecule has 0 aliphatic rings. The Bertz CT molecular complexity index is 1010. The van der Waals surface area contributed by atoms with Crippen LogP contribution in [0.15, 0.2) is 48.0 Å². The maximum absolute atomic E-state index is 12.6. The van der Waals surface area contributed by atoms with E-state index < -0.39 is 11.9 Å². The normalized spacial score (nSPS) is 11.4. The van der Waals surface area contributed by atoms with Crippen LogP contribution in [-0.2, 0) is 14.9 Å². The van der Waals surface area contributed by atoms with Gasteiger partial charge in [-0.15, -0.1) is 0 Å². The summed E-state index contributed by atoms with van der Waals surface area (Å²) in [5, 5.41) is 9.21. The zero-order valence-electron chi connectivity index (χ0n) is 18.5. The predicted molar refractivity (Wildman–Crippen MR) is 118 cm³/mol. The van der Waals surface area contributed by atoms with Crippen molar-refractivity contribution < 1.29 is 23.8 Å². The van der Waals surface area contributed by atoms with Crippen LogP contribution in [0.4, 0.5) is 0 Å². The minimum Gasteiger partial charge on any atom is -0.490 e. The molecule has 2 rings (SSSR count). The number of nitriles is 1. The molecule has 0 aliphatic heterocycles. The van der Waals surface area contributed by atoms with E-state index >= 15 is 0 Å². The van der Waals surface area contributed by atoms with Gasteiger partial charge in [0.15, 0.2) is 11.5 Å². The Morgan fingerprint density at radius 1 is 1.00 bits per heavy atom. The van der Waals surface area contributed by atoms with Crippen molar-refractivity contribution in [1.82, 2.24) is 0 Å². The summed E-state index contributed by atoms with van der Waals surface area (Å²) in [5.41, 5.74) is 1.94. The zero-order chi connectivity index (χ0) is 23.0. The van der Waals surface area contributed by atoms with Crippen LogP contribution in [-0.4, -0.2) is 25.2 Å². The first-order valence-electron chi connectivity index (χ1n) is 10.1. The molecule has 2 aromatic carbocycles. The fourth-order valence-corrected chi connectivity index (χ4v) is 2.74. The lowest BCUT2D eigenvalue weighted by atomic mass is 9.87. The highest BCUT2D eigenvalue weighted by molar-refractivity contribution is 5.98. The Morgan fingerprint density at radius 2 is 1.68 bits per heavy atom. The summed E-state index contributed by atoms with van der Waals surface area (Å²) >= 11 is 0. The van der Waals surface area contributed by atoms with Gasteiger partial charge in [-0.1, -0.05) is 39.0 Å². The summed E-state index contributed by atoms with van der Waals surface area (Å²) in [6.45, 7) is 10.3. The molecule has 0 aromatic heterocycles. The van der Waals surface area contributed by atoms with Gasteiger partial charge in [0.25, 0.3) is 0 Å². The summed E-state index contributed by atoms with van der Waals surface area (Å²) in [7, 11) is 0. The second-order valence-corrected chi connectivity index (χ2v) is 7.75. The monoisotopic (exact) mass is 421 g/mol. The SMILES string of the molecule is CCOC(=O)/C(C#N)=C\c1ccc(OC(=O)c2ccc(C(C)(C)C)cc2)c(OCC)c1. The van der Waals surface area contributed by atoms with Gasteiger partial charge in [0.1, 0.15) is 11.6 Å². The van der Waals surface area contributed by atoms with E-state index in [1.54, 1.807) is 44.2 Å². The van der Waals surface area contributed by atoms with Gasteiger partial charge in [0.05, 0.1) is 18.8 Å². The van der Waals surface area contributed by atoms with Crippen molar-refractivity contribution in [2.45, 2.75) is 40.0 Å². The molecule has 0 amide bonds. The molecule has 6 nitrogen and oxygen atoms in total. The molecule has 0 spiro atoms. The van der Waals surface area contributed by atoms with E-state index in [9.17, 15) is 14.9 Å². The Balaban J connectivity index is 2.28. The molecule has 2 aromatic rings. The third-order valence-corrected chi connectivity index (χ3v) is 4.38.